The van der Waals surface area contributed by atoms with Crippen molar-refractivity contribution in [3.05, 3.63) is 27.4 Å². The highest BCUT2D eigenvalue weighted by molar-refractivity contribution is 5.74. The molecule has 0 aromatic carbocycles. The van der Waals surface area contributed by atoms with Gasteiger partial charge in [-0.1, -0.05) is 0 Å². The fourth-order valence-corrected chi connectivity index (χ4v) is 1.40. The predicted molar refractivity (Wildman–Crippen MR) is 58.1 cm³/mol. The van der Waals surface area contributed by atoms with Gasteiger partial charge in [-0.15, -0.1) is 0 Å². The zero-order valence-electron chi connectivity index (χ0n) is 10.1. The number of hydrogen-bond acceptors (Lipinski definition) is 6. The number of rotatable bonds is 5. The molecule has 0 unspecified atom stereocenters. The molecule has 0 fully saturated rings. The van der Waals surface area contributed by atoms with Crippen LogP contribution in [0.4, 0.5) is 14.5 Å². The number of alkyl halides is 2. The highest BCUT2D eigenvalue weighted by Gasteiger charge is 2.27. The molecule has 0 saturated carbocycles. The molecule has 0 aliphatic carbocycles. The maximum atomic E-state index is 12.6. The van der Waals surface area contributed by atoms with Crippen molar-refractivity contribution in [1.82, 2.24) is 4.98 Å². The Labute approximate surface area is 106 Å². The number of hydrogen-bond donors (Lipinski definition) is 0. The van der Waals surface area contributed by atoms with Crippen molar-refractivity contribution >= 4 is 11.7 Å². The molecule has 1 rings (SSSR count). The molecule has 0 saturated heterocycles. The number of nitro groups is 1. The van der Waals surface area contributed by atoms with E-state index in [9.17, 15) is 23.7 Å². The van der Waals surface area contributed by atoms with E-state index in [-0.39, 0.29) is 5.56 Å². The van der Waals surface area contributed by atoms with Crippen LogP contribution in [0.3, 0.4) is 0 Å². The van der Waals surface area contributed by atoms with Crippen LogP contribution >= 0.6 is 0 Å². The van der Waals surface area contributed by atoms with E-state index in [0.717, 1.165) is 20.3 Å². The van der Waals surface area contributed by atoms with Gasteiger partial charge in [0.1, 0.15) is 5.69 Å². The second-order valence-electron chi connectivity index (χ2n) is 3.37. The third-order valence-electron chi connectivity index (χ3n) is 2.22. The van der Waals surface area contributed by atoms with Crippen molar-refractivity contribution in [2.24, 2.45) is 0 Å². The number of carbonyl (C=O) groups is 1. The third-order valence-corrected chi connectivity index (χ3v) is 2.22. The Bertz CT molecular complexity index is 507. The Balaban J connectivity index is 3.41. The Morgan fingerprint density at radius 3 is 2.58 bits per heavy atom. The largest absolute Gasteiger partial charge is 0.476 e. The van der Waals surface area contributed by atoms with E-state index in [1.165, 1.54) is 0 Å². The number of pyridine rings is 1. The summed E-state index contributed by atoms with van der Waals surface area (Å²) in [6.45, 7) is 0. The Hall–Kier alpha value is -2.32. The van der Waals surface area contributed by atoms with Crippen molar-refractivity contribution in [3.8, 4) is 5.88 Å². The molecule has 1 aromatic heterocycles. The van der Waals surface area contributed by atoms with Crippen LogP contribution in [0.5, 0.6) is 5.88 Å². The van der Waals surface area contributed by atoms with Crippen LogP contribution in [0.2, 0.25) is 0 Å². The molecule has 1 aromatic rings. The average molecular weight is 276 g/mol. The van der Waals surface area contributed by atoms with Crippen LogP contribution in [0.1, 0.15) is 17.7 Å². The van der Waals surface area contributed by atoms with Gasteiger partial charge in [-0.05, 0) is 6.07 Å². The summed E-state index contributed by atoms with van der Waals surface area (Å²) in [7, 11) is 2.15. The lowest BCUT2D eigenvalue weighted by Gasteiger charge is -2.08. The van der Waals surface area contributed by atoms with Crippen molar-refractivity contribution in [1.29, 1.82) is 0 Å². The fourth-order valence-electron chi connectivity index (χ4n) is 1.40. The second kappa shape index (κ2) is 6.03. The Kier molecular flexibility index (Phi) is 4.67. The maximum absolute atomic E-state index is 12.6. The van der Waals surface area contributed by atoms with E-state index in [1.807, 2.05) is 0 Å². The van der Waals surface area contributed by atoms with Crippen LogP contribution in [-0.4, -0.2) is 30.1 Å². The smallest absolute Gasteiger partial charge is 0.334 e. The van der Waals surface area contributed by atoms with Crippen LogP contribution in [0.15, 0.2) is 6.07 Å². The summed E-state index contributed by atoms with van der Waals surface area (Å²) in [5.74, 6) is -1.36. The van der Waals surface area contributed by atoms with Gasteiger partial charge in [-0.3, -0.25) is 14.9 Å². The average Bonchev–Trinajstić information content (AvgIpc) is 2.36. The minimum Gasteiger partial charge on any atom is -0.476 e. The molecule has 19 heavy (non-hydrogen) atoms. The molecular weight excluding hydrogens is 266 g/mol. The standard InChI is InChI=1S/C10H10F2N2O5/c1-18-7(15)4-5-3-6(9(11)12)13-10(19-2)8(5)14(16)17/h3,9H,4H2,1-2H3. The van der Waals surface area contributed by atoms with Gasteiger partial charge < -0.3 is 9.47 Å². The summed E-state index contributed by atoms with van der Waals surface area (Å²) in [6.07, 6.45) is -3.46. The first-order valence-electron chi connectivity index (χ1n) is 4.97. The van der Waals surface area contributed by atoms with E-state index in [1.54, 1.807) is 0 Å². The topological polar surface area (TPSA) is 91.6 Å². The molecule has 0 bridgehead atoms. The quantitative estimate of drug-likeness (QED) is 0.461. The van der Waals surface area contributed by atoms with Crippen molar-refractivity contribution in [2.75, 3.05) is 14.2 Å². The molecule has 0 radical (unpaired) electrons. The molecule has 0 N–H and O–H groups in total. The van der Waals surface area contributed by atoms with Crippen LogP contribution in [-0.2, 0) is 16.0 Å². The summed E-state index contributed by atoms with van der Waals surface area (Å²) in [6, 6.07) is 0.794. The molecule has 0 aliphatic rings. The SMILES string of the molecule is COC(=O)Cc1cc(C(F)F)nc(OC)c1[N+](=O)[O-]. The van der Waals surface area contributed by atoms with E-state index in [2.05, 4.69) is 14.5 Å². The summed E-state index contributed by atoms with van der Waals surface area (Å²) >= 11 is 0. The monoisotopic (exact) mass is 276 g/mol. The Morgan fingerprint density at radius 2 is 2.16 bits per heavy atom. The van der Waals surface area contributed by atoms with E-state index in [0.29, 0.717) is 0 Å². The lowest BCUT2D eigenvalue weighted by molar-refractivity contribution is -0.386. The molecule has 0 spiro atoms. The summed E-state index contributed by atoms with van der Waals surface area (Å²) in [5, 5.41) is 10.9. The van der Waals surface area contributed by atoms with Crippen molar-refractivity contribution in [2.45, 2.75) is 12.8 Å². The second-order valence-corrected chi connectivity index (χ2v) is 3.37. The Morgan fingerprint density at radius 1 is 1.53 bits per heavy atom. The van der Waals surface area contributed by atoms with E-state index < -0.39 is 41.0 Å². The van der Waals surface area contributed by atoms with Gasteiger partial charge in [0.15, 0.2) is 0 Å². The predicted octanol–water partition coefficient (Wildman–Crippen LogP) is 1.65. The summed E-state index contributed by atoms with van der Waals surface area (Å²) < 4.78 is 34.2. The number of nitrogens with zero attached hydrogens (tertiary/aromatic N) is 2. The zero-order valence-corrected chi connectivity index (χ0v) is 10.1. The van der Waals surface area contributed by atoms with Crippen molar-refractivity contribution in [3.63, 3.8) is 0 Å². The maximum Gasteiger partial charge on any atom is 0.334 e. The number of esters is 1. The number of halogens is 2. The molecule has 104 valence electrons. The van der Waals surface area contributed by atoms with E-state index in [4.69, 9.17) is 0 Å². The molecule has 0 atom stereocenters. The zero-order chi connectivity index (χ0) is 14.6. The van der Waals surface area contributed by atoms with Gasteiger partial charge >= 0.3 is 11.7 Å². The van der Waals surface area contributed by atoms with Gasteiger partial charge in [0.05, 0.1) is 25.6 Å². The van der Waals surface area contributed by atoms with Crippen LogP contribution in [0.25, 0.3) is 0 Å². The first-order valence-corrected chi connectivity index (χ1v) is 4.97. The van der Waals surface area contributed by atoms with Crippen LogP contribution in [0, 0.1) is 10.1 Å². The minimum atomic E-state index is -2.94. The molecule has 0 aliphatic heterocycles. The lowest BCUT2D eigenvalue weighted by Crippen LogP contribution is -2.10. The van der Waals surface area contributed by atoms with Gasteiger partial charge in [0, 0.05) is 5.56 Å². The van der Waals surface area contributed by atoms with Gasteiger partial charge in [0.2, 0.25) is 0 Å². The fraction of sp³-hybridized carbons (Fsp3) is 0.400. The number of aromatic nitrogens is 1. The van der Waals surface area contributed by atoms with Gasteiger partial charge in [0.25, 0.3) is 12.3 Å². The summed E-state index contributed by atoms with van der Waals surface area (Å²) in [4.78, 5) is 24.5. The number of methoxy groups -OCH3 is 2. The van der Waals surface area contributed by atoms with Gasteiger partial charge in [-0.25, -0.2) is 13.8 Å². The molecule has 7 nitrogen and oxygen atoms in total. The molecule has 1 heterocycles. The number of carbonyl (C=O) groups excluding carboxylic acids is 1. The van der Waals surface area contributed by atoms with E-state index >= 15 is 0 Å². The third kappa shape index (κ3) is 3.33. The number of ether oxygens (including phenoxy) is 2. The van der Waals surface area contributed by atoms with Gasteiger partial charge in [-0.2, -0.15) is 0 Å². The summed E-state index contributed by atoms with van der Waals surface area (Å²) in [5.41, 5.74) is -1.57. The van der Waals surface area contributed by atoms with Crippen molar-refractivity contribution < 1.29 is 28.0 Å². The molecule has 0 amide bonds. The normalized spacial score (nSPS) is 10.4. The van der Waals surface area contributed by atoms with Crippen LogP contribution < -0.4 is 4.74 Å². The minimum absolute atomic E-state index is 0.237. The molecular formula is C10H10F2N2O5. The highest BCUT2D eigenvalue weighted by atomic mass is 19.3. The first kappa shape index (κ1) is 14.7. The highest BCUT2D eigenvalue weighted by Crippen LogP contribution is 2.32. The lowest BCUT2D eigenvalue weighted by atomic mass is 10.1. The first-order chi connectivity index (χ1) is 8.90. The molecule has 9 heteroatoms.